The molecule has 2 amide bonds. The van der Waals surface area contributed by atoms with Crippen molar-refractivity contribution in [2.45, 2.75) is 85.1 Å². The summed E-state index contributed by atoms with van der Waals surface area (Å²) in [7, 11) is 0. The molecule has 0 aromatic heterocycles. The molecule has 3 aromatic carbocycles. The number of hydrogen-bond acceptors (Lipinski definition) is 4. The van der Waals surface area contributed by atoms with Crippen LogP contribution in [-0.4, -0.2) is 79.0 Å². The number of aryl methyl sites for hydroxylation is 1. The third kappa shape index (κ3) is 11.9. The molecule has 1 heterocycles. The first kappa shape index (κ1) is 36.4. The van der Waals surface area contributed by atoms with Crippen molar-refractivity contribution in [1.29, 1.82) is 0 Å². The topological polar surface area (TPSA) is 53.1 Å². The van der Waals surface area contributed by atoms with Crippen LogP contribution < -0.4 is 0 Å². The Labute approximate surface area is 284 Å². The number of unbranched alkanes of at least 4 members (excludes halogenated alkanes) is 4. The summed E-state index contributed by atoms with van der Waals surface area (Å²) in [6.45, 7) is 13.6. The molecule has 0 spiro atoms. The molecule has 0 aliphatic carbocycles. The van der Waals surface area contributed by atoms with E-state index in [-0.39, 0.29) is 11.8 Å². The van der Waals surface area contributed by atoms with Gasteiger partial charge in [-0.3, -0.25) is 9.59 Å². The van der Waals surface area contributed by atoms with Crippen molar-refractivity contribution in [3.63, 3.8) is 0 Å². The highest BCUT2D eigenvalue weighted by molar-refractivity contribution is 5.94. The number of carbonyl (C=O) groups is 2. The second kappa shape index (κ2) is 20.0. The van der Waals surface area contributed by atoms with Crippen LogP contribution in [0.5, 0.6) is 0 Å². The molecule has 0 unspecified atom stereocenters. The number of benzene rings is 3. The summed E-state index contributed by atoms with van der Waals surface area (Å²) >= 11 is 0. The lowest BCUT2D eigenvalue weighted by molar-refractivity contribution is -0.134. The quantitative estimate of drug-likeness (QED) is 0.125. The van der Waals surface area contributed by atoms with Crippen LogP contribution in [0.15, 0.2) is 72.8 Å². The minimum Gasteiger partial charge on any atom is -0.378 e. The summed E-state index contributed by atoms with van der Waals surface area (Å²) < 4.78 is 5.38. The van der Waals surface area contributed by atoms with Crippen LogP contribution in [0.2, 0.25) is 0 Å². The summed E-state index contributed by atoms with van der Waals surface area (Å²) in [6, 6.07) is 25.2. The summed E-state index contributed by atoms with van der Waals surface area (Å²) in [5.41, 5.74) is 6.47. The molecule has 3 aromatic rings. The molecule has 47 heavy (non-hydrogen) atoms. The zero-order valence-corrected chi connectivity index (χ0v) is 29.2. The Morgan fingerprint density at radius 3 is 1.77 bits per heavy atom. The Kier molecular flexibility index (Phi) is 15.5. The van der Waals surface area contributed by atoms with Crippen molar-refractivity contribution in [1.82, 2.24) is 14.7 Å². The van der Waals surface area contributed by atoms with Gasteiger partial charge in [0.25, 0.3) is 5.91 Å². The van der Waals surface area contributed by atoms with Gasteiger partial charge < -0.3 is 19.4 Å². The lowest BCUT2D eigenvalue weighted by atomic mass is 10.0. The van der Waals surface area contributed by atoms with E-state index in [2.05, 4.69) is 86.3 Å². The Balaban J connectivity index is 1.43. The van der Waals surface area contributed by atoms with Gasteiger partial charge in [-0.15, -0.1) is 0 Å². The SMILES string of the molecule is CCCCCc1ccc(C(=O)N(CCN(CCCC)CCCC)Cc2ccc(-c3ccc(CC(=O)N4CCOCC4)cc3)cc2)cc1. The van der Waals surface area contributed by atoms with E-state index in [1.807, 2.05) is 21.9 Å². The molecule has 0 bridgehead atoms. The molecule has 4 rings (SSSR count). The molecule has 254 valence electrons. The number of ether oxygens (including phenoxy) is 1. The van der Waals surface area contributed by atoms with Crippen molar-refractivity contribution < 1.29 is 14.3 Å². The van der Waals surface area contributed by atoms with Crippen LogP contribution in [0.4, 0.5) is 0 Å². The van der Waals surface area contributed by atoms with Crippen molar-refractivity contribution in [2.75, 3.05) is 52.5 Å². The second-order valence-corrected chi connectivity index (χ2v) is 13.0. The highest BCUT2D eigenvalue weighted by atomic mass is 16.5. The molecule has 0 N–H and O–H groups in total. The molecule has 1 saturated heterocycles. The van der Waals surface area contributed by atoms with Crippen molar-refractivity contribution in [3.05, 3.63) is 95.1 Å². The largest absolute Gasteiger partial charge is 0.378 e. The van der Waals surface area contributed by atoms with E-state index in [0.717, 1.165) is 53.9 Å². The summed E-state index contributed by atoms with van der Waals surface area (Å²) in [6.07, 6.45) is 9.85. The fourth-order valence-corrected chi connectivity index (χ4v) is 6.13. The Morgan fingerprint density at radius 2 is 1.19 bits per heavy atom. The van der Waals surface area contributed by atoms with E-state index in [1.165, 1.54) is 50.5 Å². The first-order valence-corrected chi connectivity index (χ1v) is 18.1. The van der Waals surface area contributed by atoms with E-state index < -0.39 is 0 Å². The number of amides is 2. The standard InChI is InChI=1S/C41H57N3O3/c1-4-7-10-11-34-12-22-39(23-13-34)41(46)44(27-26-42(24-8-5-2)25-9-6-3)33-36-16-20-38(21-17-36)37-18-14-35(15-19-37)32-40(45)43-28-30-47-31-29-43/h12-23H,4-11,24-33H2,1-3H3. The Morgan fingerprint density at radius 1 is 0.638 bits per heavy atom. The second-order valence-electron chi connectivity index (χ2n) is 13.0. The van der Waals surface area contributed by atoms with Crippen molar-refractivity contribution in [3.8, 4) is 11.1 Å². The number of carbonyl (C=O) groups excluding carboxylic acids is 2. The van der Waals surface area contributed by atoms with E-state index in [1.54, 1.807) is 0 Å². The Bertz CT molecular complexity index is 1320. The fourth-order valence-electron chi connectivity index (χ4n) is 6.13. The van der Waals surface area contributed by atoms with Gasteiger partial charge >= 0.3 is 0 Å². The molecule has 1 aliphatic rings. The third-order valence-corrected chi connectivity index (χ3v) is 9.23. The lowest BCUT2D eigenvalue weighted by Crippen LogP contribution is -2.41. The minimum atomic E-state index is 0.0994. The summed E-state index contributed by atoms with van der Waals surface area (Å²) in [5, 5.41) is 0. The third-order valence-electron chi connectivity index (χ3n) is 9.23. The molecule has 6 heteroatoms. The monoisotopic (exact) mass is 639 g/mol. The van der Waals surface area contributed by atoms with Gasteiger partial charge in [0.05, 0.1) is 19.6 Å². The molecule has 0 atom stereocenters. The molecule has 1 fully saturated rings. The van der Waals surface area contributed by atoms with Crippen LogP contribution in [0.1, 0.15) is 92.8 Å². The molecule has 6 nitrogen and oxygen atoms in total. The normalized spacial score (nSPS) is 13.2. The van der Waals surface area contributed by atoms with Gasteiger partial charge in [0.15, 0.2) is 0 Å². The van der Waals surface area contributed by atoms with Gasteiger partial charge in [-0.2, -0.15) is 0 Å². The van der Waals surface area contributed by atoms with Gasteiger partial charge in [-0.05, 0) is 78.7 Å². The average molecular weight is 640 g/mol. The van der Waals surface area contributed by atoms with Crippen LogP contribution in [0, 0.1) is 0 Å². The summed E-state index contributed by atoms with van der Waals surface area (Å²) in [4.78, 5) is 33.1. The average Bonchev–Trinajstić information content (AvgIpc) is 3.12. The van der Waals surface area contributed by atoms with E-state index in [0.29, 0.717) is 45.8 Å². The zero-order chi connectivity index (χ0) is 33.3. The maximum Gasteiger partial charge on any atom is 0.254 e. The molecule has 0 radical (unpaired) electrons. The van der Waals surface area contributed by atoms with Crippen LogP contribution in [-0.2, 0) is 28.9 Å². The summed E-state index contributed by atoms with van der Waals surface area (Å²) in [5.74, 6) is 0.258. The first-order chi connectivity index (χ1) is 23.0. The smallest absolute Gasteiger partial charge is 0.254 e. The minimum absolute atomic E-state index is 0.0994. The molecule has 1 aliphatic heterocycles. The van der Waals surface area contributed by atoms with Crippen LogP contribution in [0.25, 0.3) is 11.1 Å². The zero-order valence-electron chi connectivity index (χ0n) is 29.2. The van der Waals surface area contributed by atoms with Crippen molar-refractivity contribution >= 4 is 11.8 Å². The predicted molar refractivity (Wildman–Crippen MR) is 194 cm³/mol. The number of hydrogen-bond donors (Lipinski definition) is 0. The van der Waals surface area contributed by atoms with E-state index in [9.17, 15) is 9.59 Å². The number of morpholine rings is 1. The highest BCUT2D eigenvalue weighted by Crippen LogP contribution is 2.22. The van der Waals surface area contributed by atoms with E-state index >= 15 is 0 Å². The maximum atomic E-state index is 13.9. The van der Waals surface area contributed by atoms with Gasteiger partial charge in [0.1, 0.15) is 0 Å². The van der Waals surface area contributed by atoms with Gasteiger partial charge in [0.2, 0.25) is 5.91 Å². The Hall–Kier alpha value is -3.48. The van der Waals surface area contributed by atoms with Gasteiger partial charge in [-0.25, -0.2) is 0 Å². The highest BCUT2D eigenvalue weighted by Gasteiger charge is 2.19. The lowest BCUT2D eigenvalue weighted by Gasteiger charge is -2.28. The number of rotatable bonds is 19. The van der Waals surface area contributed by atoms with Gasteiger partial charge in [0, 0.05) is 38.3 Å². The van der Waals surface area contributed by atoms with Crippen LogP contribution in [0.3, 0.4) is 0 Å². The fraction of sp³-hybridized carbons (Fsp3) is 0.512. The number of nitrogens with zero attached hydrogens (tertiary/aromatic N) is 3. The van der Waals surface area contributed by atoms with Gasteiger partial charge in [-0.1, -0.05) is 107 Å². The molecule has 0 saturated carbocycles. The van der Waals surface area contributed by atoms with E-state index in [4.69, 9.17) is 4.74 Å². The maximum absolute atomic E-state index is 13.9. The van der Waals surface area contributed by atoms with Crippen molar-refractivity contribution in [2.24, 2.45) is 0 Å². The predicted octanol–water partition coefficient (Wildman–Crippen LogP) is 8.03. The first-order valence-electron chi connectivity index (χ1n) is 18.1. The van der Waals surface area contributed by atoms with Crippen LogP contribution >= 0.6 is 0 Å². The molecular weight excluding hydrogens is 582 g/mol. The molecular formula is C41H57N3O3.